The van der Waals surface area contributed by atoms with Gasteiger partial charge < -0.3 is 9.73 Å². The van der Waals surface area contributed by atoms with Gasteiger partial charge in [-0.25, -0.2) is 8.42 Å². The number of piperidine rings is 2. The SMILES string of the molecule is O=C(NC[C@@H](c1ccco1)N1CCCCC1)C1CCN(S(=O)(=O)c2ccccc2)CC1. The lowest BCUT2D eigenvalue weighted by Gasteiger charge is -2.34. The lowest BCUT2D eigenvalue weighted by Crippen LogP contribution is -2.45. The van der Waals surface area contributed by atoms with E-state index in [9.17, 15) is 13.2 Å². The zero-order valence-electron chi connectivity index (χ0n) is 17.8. The molecule has 2 saturated heterocycles. The monoisotopic (exact) mass is 445 g/mol. The van der Waals surface area contributed by atoms with Gasteiger partial charge in [0.2, 0.25) is 15.9 Å². The predicted octanol–water partition coefficient (Wildman–Crippen LogP) is 3.02. The number of hydrogen-bond acceptors (Lipinski definition) is 5. The molecule has 7 nitrogen and oxygen atoms in total. The minimum absolute atomic E-state index is 0.00493. The summed E-state index contributed by atoms with van der Waals surface area (Å²) in [6.45, 7) is 3.26. The molecule has 8 heteroatoms. The second-order valence-corrected chi connectivity index (χ2v) is 10.3. The fourth-order valence-corrected chi connectivity index (χ4v) is 6.05. The van der Waals surface area contributed by atoms with Gasteiger partial charge in [-0.05, 0) is 63.0 Å². The van der Waals surface area contributed by atoms with Crippen LogP contribution in [0.15, 0.2) is 58.0 Å². The van der Waals surface area contributed by atoms with Gasteiger partial charge in [-0.2, -0.15) is 4.31 Å². The van der Waals surface area contributed by atoms with Crippen LogP contribution in [0, 0.1) is 5.92 Å². The summed E-state index contributed by atoms with van der Waals surface area (Å²) in [4.78, 5) is 15.5. The van der Waals surface area contributed by atoms with Gasteiger partial charge in [0, 0.05) is 25.6 Å². The summed E-state index contributed by atoms with van der Waals surface area (Å²) in [5.41, 5.74) is 0. The average Bonchev–Trinajstić information content (AvgIpc) is 3.35. The molecule has 2 aliphatic rings. The number of carbonyl (C=O) groups is 1. The molecule has 1 N–H and O–H groups in total. The number of hydrogen-bond donors (Lipinski definition) is 1. The smallest absolute Gasteiger partial charge is 0.243 e. The third-order valence-corrected chi connectivity index (χ3v) is 8.29. The molecule has 1 aromatic heterocycles. The van der Waals surface area contributed by atoms with Crippen molar-refractivity contribution in [1.29, 1.82) is 0 Å². The average molecular weight is 446 g/mol. The van der Waals surface area contributed by atoms with E-state index in [0.29, 0.717) is 37.4 Å². The number of nitrogens with one attached hydrogen (secondary N) is 1. The molecule has 4 rings (SSSR count). The van der Waals surface area contributed by atoms with E-state index in [2.05, 4.69) is 10.2 Å². The van der Waals surface area contributed by atoms with E-state index < -0.39 is 10.0 Å². The predicted molar refractivity (Wildman–Crippen MR) is 118 cm³/mol. The zero-order chi connectivity index (χ0) is 21.7. The van der Waals surface area contributed by atoms with Crippen LogP contribution in [-0.4, -0.2) is 56.3 Å². The molecule has 0 aliphatic carbocycles. The highest BCUT2D eigenvalue weighted by Crippen LogP contribution is 2.26. The lowest BCUT2D eigenvalue weighted by atomic mass is 9.97. The quantitative estimate of drug-likeness (QED) is 0.708. The number of carbonyl (C=O) groups excluding carboxylic acids is 1. The molecular formula is C23H31N3O4S. The Hall–Kier alpha value is -2.16. The van der Waals surface area contributed by atoms with Crippen molar-refractivity contribution in [3.63, 3.8) is 0 Å². The van der Waals surface area contributed by atoms with Crippen molar-refractivity contribution in [2.75, 3.05) is 32.7 Å². The number of benzene rings is 1. The molecule has 0 unspecified atom stereocenters. The second kappa shape index (κ2) is 9.97. The summed E-state index contributed by atoms with van der Waals surface area (Å²) in [6.07, 6.45) is 6.33. The van der Waals surface area contributed by atoms with Crippen LogP contribution < -0.4 is 5.32 Å². The molecule has 1 amide bonds. The molecule has 168 valence electrons. The van der Waals surface area contributed by atoms with Gasteiger partial charge in [0.05, 0.1) is 17.2 Å². The molecule has 2 aromatic rings. The van der Waals surface area contributed by atoms with Crippen molar-refractivity contribution < 1.29 is 17.6 Å². The van der Waals surface area contributed by atoms with Crippen molar-refractivity contribution in [3.05, 3.63) is 54.5 Å². The van der Waals surface area contributed by atoms with E-state index in [0.717, 1.165) is 18.8 Å². The minimum atomic E-state index is -3.50. The Morgan fingerprint density at radius 1 is 1.00 bits per heavy atom. The van der Waals surface area contributed by atoms with Gasteiger partial charge in [0.25, 0.3) is 0 Å². The summed E-state index contributed by atoms with van der Waals surface area (Å²) in [6, 6.07) is 12.4. The van der Waals surface area contributed by atoms with Crippen LogP contribution in [0.5, 0.6) is 0 Å². The molecule has 31 heavy (non-hydrogen) atoms. The van der Waals surface area contributed by atoms with Crippen LogP contribution in [0.4, 0.5) is 0 Å². The van der Waals surface area contributed by atoms with Crippen LogP contribution in [0.25, 0.3) is 0 Å². The Kier molecular flexibility index (Phi) is 7.09. The first kappa shape index (κ1) is 22.0. The highest BCUT2D eigenvalue weighted by Gasteiger charge is 2.33. The normalized spacial score (nSPS) is 20.4. The molecule has 0 radical (unpaired) electrons. The molecule has 0 spiro atoms. The first-order valence-electron chi connectivity index (χ1n) is 11.2. The van der Waals surface area contributed by atoms with Gasteiger partial charge in [-0.1, -0.05) is 24.6 Å². The Morgan fingerprint density at radius 2 is 1.71 bits per heavy atom. The molecule has 1 atom stereocenters. The minimum Gasteiger partial charge on any atom is -0.468 e. The molecular weight excluding hydrogens is 414 g/mol. The van der Waals surface area contributed by atoms with E-state index in [1.54, 1.807) is 36.6 Å². The summed E-state index contributed by atoms with van der Waals surface area (Å²) in [5.74, 6) is 0.720. The second-order valence-electron chi connectivity index (χ2n) is 8.36. The van der Waals surface area contributed by atoms with Gasteiger partial charge >= 0.3 is 0 Å². The number of likely N-dealkylation sites (tertiary alicyclic amines) is 1. The topological polar surface area (TPSA) is 82.9 Å². The largest absolute Gasteiger partial charge is 0.468 e. The summed E-state index contributed by atoms with van der Waals surface area (Å²) in [7, 11) is -3.50. The Morgan fingerprint density at radius 3 is 2.35 bits per heavy atom. The fourth-order valence-electron chi connectivity index (χ4n) is 4.56. The summed E-state index contributed by atoms with van der Waals surface area (Å²) < 4.78 is 32.7. The molecule has 0 bridgehead atoms. The Labute approximate surface area is 184 Å². The number of nitrogens with zero attached hydrogens (tertiary/aromatic N) is 2. The van der Waals surface area contributed by atoms with Crippen molar-refractivity contribution >= 4 is 15.9 Å². The molecule has 2 aliphatic heterocycles. The van der Waals surface area contributed by atoms with Gasteiger partial charge in [-0.3, -0.25) is 9.69 Å². The van der Waals surface area contributed by atoms with Crippen LogP contribution in [0.1, 0.15) is 43.9 Å². The van der Waals surface area contributed by atoms with Crippen molar-refractivity contribution in [3.8, 4) is 0 Å². The maximum Gasteiger partial charge on any atom is 0.243 e. The Balaban J connectivity index is 1.32. The lowest BCUT2D eigenvalue weighted by molar-refractivity contribution is -0.126. The van der Waals surface area contributed by atoms with Gasteiger partial charge in [0.1, 0.15) is 5.76 Å². The van der Waals surface area contributed by atoms with E-state index in [1.807, 2.05) is 12.1 Å². The van der Waals surface area contributed by atoms with Gasteiger partial charge in [-0.15, -0.1) is 0 Å². The van der Waals surface area contributed by atoms with Crippen molar-refractivity contribution in [2.24, 2.45) is 5.92 Å². The number of amides is 1. The maximum absolute atomic E-state index is 12.9. The van der Waals surface area contributed by atoms with Gasteiger partial charge in [0.15, 0.2) is 0 Å². The summed E-state index contributed by atoms with van der Waals surface area (Å²) in [5, 5.41) is 3.11. The molecule has 2 fully saturated rings. The van der Waals surface area contributed by atoms with E-state index >= 15 is 0 Å². The first-order valence-corrected chi connectivity index (χ1v) is 12.6. The summed E-state index contributed by atoms with van der Waals surface area (Å²) >= 11 is 0. The Bertz CT molecular complexity index is 932. The van der Waals surface area contributed by atoms with Crippen LogP contribution in [0.2, 0.25) is 0 Å². The number of sulfonamides is 1. The number of furan rings is 1. The van der Waals surface area contributed by atoms with E-state index in [4.69, 9.17) is 4.42 Å². The third-order valence-electron chi connectivity index (χ3n) is 6.38. The number of rotatable bonds is 7. The van der Waals surface area contributed by atoms with Crippen LogP contribution in [-0.2, 0) is 14.8 Å². The van der Waals surface area contributed by atoms with Crippen molar-refractivity contribution in [2.45, 2.75) is 43.0 Å². The highest BCUT2D eigenvalue weighted by atomic mass is 32.2. The van der Waals surface area contributed by atoms with E-state index in [1.165, 1.54) is 23.6 Å². The standard InChI is InChI=1S/C23H31N3O4S/c27-23(24-18-21(22-10-7-17-30-22)25-13-5-2-6-14-25)19-11-15-26(16-12-19)31(28,29)20-8-3-1-4-9-20/h1,3-4,7-10,17,19,21H,2,5-6,11-16,18H2,(H,24,27)/t21-/m0/s1. The zero-order valence-corrected chi connectivity index (χ0v) is 18.6. The molecule has 0 saturated carbocycles. The van der Waals surface area contributed by atoms with E-state index in [-0.39, 0.29) is 17.9 Å². The molecule has 3 heterocycles. The van der Waals surface area contributed by atoms with Crippen LogP contribution in [0.3, 0.4) is 0 Å². The van der Waals surface area contributed by atoms with Crippen LogP contribution >= 0.6 is 0 Å². The first-order chi connectivity index (χ1) is 15.1. The third kappa shape index (κ3) is 5.19. The maximum atomic E-state index is 12.9. The highest BCUT2D eigenvalue weighted by molar-refractivity contribution is 7.89. The molecule has 1 aromatic carbocycles. The van der Waals surface area contributed by atoms with Crippen molar-refractivity contribution in [1.82, 2.24) is 14.5 Å². The fraction of sp³-hybridized carbons (Fsp3) is 0.522.